The van der Waals surface area contributed by atoms with E-state index in [1.54, 1.807) is 13.0 Å². The fraction of sp³-hybridized carbons (Fsp3) is 0.615. The third-order valence-electron chi connectivity index (χ3n) is 4.77. The molecule has 2 amide bonds. The van der Waals surface area contributed by atoms with Crippen LogP contribution >= 0.6 is 0 Å². The lowest BCUT2D eigenvalue weighted by Crippen LogP contribution is -2.32. The molecule has 2 saturated carbocycles. The Morgan fingerprint density at radius 2 is 1.83 bits per heavy atom. The molecule has 2 heterocycles. The summed E-state index contributed by atoms with van der Waals surface area (Å²) in [6.07, 6.45) is 3.24. The molecule has 0 unspecified atom stereocenters. The van der Waals surface area contributed by atoms with Gasteiger partial charge in [-0.05, 0) is 38.0 Å². The molecule has 1 aromatic rings. The van der Waals surface area contributed by atoms with Gasteiger partial charge in [0.2, 0.25) is 11.8 Å². The highest BCUT2D eigenvalue weighted by Gasteiger charge is 2.61. The van der Waals surface area contributed by atoms with E-state index in [4.69, 9.17) is 4.52 Å². The van der Waals surface area contributed by atoms with E-state index in [-0.39, 0.29) is 23.7 Å². The molecule has 5 nitrogen and oxygen atoms in total. The van der Waals surface area contributed by atoms with Crippen LogP contribution in [0.25, 0.3) is 0 Å². The first-order valence-corrected chi connectivity index (χ1v) is 6.48. The number of nitrogens with zero attached hydrogens (tertiary/aromatic N) is 2. The highest BCUT2D eigenvalue weighted by Crippen LogP contribution is 2.56. The van der Waals surface area contributed by atoms with E-state index >= 15 is 0 Å². The minimum Gasteiger partial charge on any atom is -0.360 e. The van der Waals surface area contributed by atoms with E-state index in [9.17, 15) is 9.59 Å². The summed E-state index contributed by atoms with van der Waals surface area (Å²) in [5.74, 6) is 1.49. The third kappa shape index (κ3) is 1.09. The Labute approximate surface area is 104 Å². The molecule has 3 fully saturated rings. The van der Waals surface area contributed by atoms with Crippen LogP contribution < -0.4 is 4.90 Å². The van der Waals surface area contributed by atoms with Crippen LogP contribution in [0.15, 0.2) is 10.6 Å². The Morgan fingerprint density at radius 3 is 2.33 bits per heavy atom. The highest BCUT2D eigenvalue weighted by molar-refractivity contribution is 6.22. The fourth-order valence-electron chi connectivity index (χ4n) is 4.09. The lowest BCUT2D eigenvalue weighted by atomic mass is 9.81. The molecule has 0 radical (unpaired) electrons. The van der Waals surface area contributed by atoms with Gasteiger partial charge in [-0.3, -0.25) is 9.59 Å². The maximum atomic E-state index is 12.4. The van der Waals surface area contributed by atoms with Crippen molar-refractivity contribution >= 4 is 17.6 Å². The zero-order valence-corrected chi connectivity index (χ0v) is 10.1. The number of anilines is 1. The Bertz CT molecular complexity index is 522. The summed E-state index contributed by atoms with van der Waals surface area (Å²) < 4.78 is 4.97. The number of carbonyl (C=O) groups excluding carboxylic acids is 2. The summed E-state index contributed by atoms with van der Waals surface area (Å²) in [6.45, 7) is 1.76. The number of imide groups is 1. The molecule has 94 valence electrons. The van der Waals surface area contributed by atoms with Gasteiger partial charge >= 0.3 is 0 Å². The van der Waals surface area contributed by atoms with Gasteiger partial charge in [0.05, 0.1) is 11.8 Å². The van der Waals surface area contributed by atoms with Crippen molar-refractivity contribution in [2.45, 2.75) is 26.2 Å². The van der Waals surface area contributed by atoms with Crippen molar-refractivity contribution < 1.29 is 14.1 Å². The van der Waals surface area contributed by atoms with Crippen LogP contribution in [0.2, 0.25) is 0 Å². The molecule has 0 N–H and O–H groups in total. The van der Waals surface area contributed by atoms with Crippen molar-refractivity contribution in [3.8, 4) is 0 Å². The van der Waals surface area contributed by atoms with Crippen molar-refractivity contribution in [1.29, 1.82) is 0 Å². The van der Waals surface area contributed by atoms with E-state index in [1.807, 2.05) is 0 Å². The van der Waals surface area contributed by atoms with E-state index < -0.39 is 0 Å². The summed E-state index contributed by atoms with van der Waals surface area (Å²) in [7, 11) is 0. The van der Waals surface area contributed by atoms with Crippen molar-refractivity contribution in [2.75, 3.05) is 4.90 Å². The van der Waals surface area contributed by atoms with Gasteiger partial charge in [0, 0.05) is 6.07 Å². The van der Waals surface area contributed by atoms with Gasteiger partial charge in [0.15, 0.2) is 5.82 Å². The smallest absolute Gasteiger partial charge is 0.239 e. The molecule has 4 atom stereocenters. The van der Waals surface area contributed by atoms with Gasteiger partial charge in [-0.1, -0.05) is 5.16 Å². The monoisotopic (exact) mass is 246 g/mol. The number of hydrogen-bond acceptors (Lipinski definition) is 4. The third-order valence-corrected chi connectivity index (χ3v) is 4.77. The molecule has 1 saturated heterocycles. The summed E-state index contributed by atoms with van der Waals surface area (Å²) in [6, 6.07) is 1.65. The number of fused-ring (bicyclic) bond motifs is 5. The minimum atomic E-state index is -0.0896. The molecule has 2 bridgehead atoms. The molecule has 18 heavy (non-hydrogen) atoms. The molecular weight excluding hydrogens is 232 g/mol. The van der Waals surface area contributed by atoms with Crippen molar-refractivity contribution in [3.63, 3.8) is 0 Å². The fourth-order valence-corrected chi connectivity index (χ4v) is 4.09. The van der Waals surface area contributed by atoms with Crippen LogP contribution in [0.5, 0.6) is 0 Å². The summed E-state index contributed by atoms with van der Waals surface area (Å²) in [5, 5.41) is 3.81. The van der Waals surface area contributed by atoms with Crippen LogP contribution in [0, 0.1) is 30.6 Å². The Kier molecular flexibility index (Phi) is 1.84. The van der Waals surface area contributed by atoms with Gasteiger partial charge < -0.3 is 4.52 Å². The number of amides is 2. The van der Waals surface area contributed by atoms with Crippen molar-refractivity contribution in [3.05, 3.63) is 11.8 Å². The molecule has 5 heteroatoms. The summed E-state index contributed by atoms with van der Waals surface area (Å²) in [5.41, 5.74) is 0. The quantitative estimate of drug-likeness (QED) is 0.705. The van der Waals surface area contributed by atoms with E-state index in [1.165, 1.54) is 4.90 Å². The maximum Gasteiger partial charge on any atom is 0.239 e. The first-order chi connectivity index (χ1) is 8.66. The lowest BCUT2D eigenvalue weighted by molar-refractivity contribution is -0.123. The number of carbonyl (C=O) groups is 2. The van der Waals surface area contributed by atoms with Crippen LogP contribution in [0.1, 0.15) is 25.0 Å². The van der Waals surface area contributed by atoms with E-state index in [0.29, 0.717) is 23.4 Å². The standard InChI is InChI=1S/C13H14N2O3/c1-6-4-9(14-18-6)15-12(16)10-7-2-3-8(5-7)11(10)13(15)17/h4,7-8,10-11H,2-3,5H2,1H3/t7-,8+,10+,11-. The molecule has 0 spiro atoms. The second-order valence-electron chi connectivity index (χ2n) is 5.69. The van der Waals surface area contributed by atoms with Crippen LogP contribution in [-0.2, 0) is 9.59 Å². The zero-order chi connectivity index (χ0) is 12.4. The van der Waals surface area contributed by atoms with Crippen LogP contribution in [0.4, 0.5) is 5.82 Å². The molecular formula is C13H14N2O3. The van der Waals surface area contributed by atoms with Crippen molar-refractivity contribution in [2.24, 2.45) is 23.7 Å². The minimum absolute atomic E-state index is 0.0644. The molecule has 0 aromatic carbocycles. The first kappa shape index (κ1) is 10.3. The van der Waals surface area contributed by atoms with Gasteiger partial charge in [0.25, 0.3) is 0 Å². The number of aromatic nitrogens is 1. The molecule has 1 aromatic heterocycles. The number of aryl methyl sites for hydroxylation is 1. The lowest BCUT2D eigenvalue weighted by Gasteiger charge is -2.19. The second kappa shape index (κ2) is 3.22. The topological polar surface area (TPSA) is 63.4 Å². The van der Waals surface area contributed by atoms with E-state index in [2.05, 4.69) is 5.16 Å². The second-order valence-corrected chi connectivity index (χ2v) is 5.69. The first-order valence-electron chi connectivity index (χ1n) is 6.48. The Hall–Kier alpha value is -1.65. The highest BCUT2D eigenvalue weighted by atomic mass is 16.5. The van der Waals surface area contributed by atoms with Gasteiger partial charge in [-0.25, -0.2) is 4.90 Å². The van der Waals surface area contributed by atoms with E-state index in [0.717, 1.165) is 19.3 Å². The Morgan fingerprint density at radius 1 is 1.22 bits per heavy atom. The van der Waals surface area contributed by atoms with Crippen LogP contribution in [-0.4, -0.2) is 17.0 Å². The maximum absolute atomic E-state index is 12.4. The molecule has 2 aliphatic carbocycles. The van der Waals surface area contributed by atoms with Gasteiger partial charge in [-0.15, -0.1) is 0 Å². The predicted molar refractivity (Wildman–Crippen MR) is 61.5 cm³/mol. The molecule has 1 aliphatic heterocycles. The Balaban J connectivity index is 1.75. The number of hydrogen-bond donors (Lipinski definition) is 0. The van der Waals surface area contributed by atoms with Gasteiger partial charge in [0.1, 0.15) is 5.76 Å². The van der Waals surface area contributed by atoms with Gasteiger partial charge in [-0.2, -0.15) is 0 Å². The SMILES string of the molecule is Cc1cc(N2C(=O)[C@@H]3[C@H]4CC[C@H](C4)[C@@H]3C2=O)no1. The van der Waals surface area contributed by atoms with Crippen LogP contribution in [0.3, 0.4) is 0 Å². The normalized spacial score (nSPS) is 37.7. The average molecular weight is 246 g/mol. The number of rotatable bonds is 1. The molecule has 4 rings (SSSR count). The summed E-state index contributed by atoms with van der Waals surface area (Å²) >= 11 is 0. The zero-order valence-electron chi connectivity index (χ0n) is 10.1. The largest absolute Gasteiger partial charge is 0.360 e. The van der Waals surface area contributed by atoms with Crippen molar-refractivity contribution in [1.82, 2.24) is 5.16 Å². The average Bonchev–Trinajstić information content (AvgIpc) is 3.05. The predicted octanol–water partition coefficient (Wildman–Crippen LogP) is 1.52. The summed E-state index contributed by atoms with van der Waals surface area (Å²) in [4.78, 5) is 26.1. The molecule has 3 aliphatic rings.